The van der Waals surface area contributed by atoms with Crippen LogP contribution in [0.2, 0.25) is 0 Å². The van der Waals surface area contributed by atoms with Gasteiger partial charge in [-0.25, -0.2) is 4.98 Å². The zero-order valence-electron chi connectivity index (χ0n) is 9.62. The van der Waals surface area contributed by atoms with Crippen LogP contribution in [-0.2, 0) is 0 Å². The van der Waals surface area contributed by atoms with E-state index in [9.17, 15) is 4.39 Å². The van der Waals surface area contributed by atoms with Crippen LogP contribution in [0.5, 0.6) is 0 Å². The molecular formula is C12H18FN3. The van der Waals surface area contributed by atoms with E-state index < -0.39 is 5.95 Å². The molecule has 1 aliphatic heterocycles. The van der Waals surface area contributed by atoms with Gasteiger partial charge in [-0.3, -0.25) is 4.90 Å². The third kappa shape index (κ3) is 2.70. The van der Waals surface area contributed by atoms with E-state index in [0.29, 0.717) is 6.04 Å². The van der Waals surface area contributed by atoms with E-state index in [1.165, 1.54) is 31.6 Å². The molecule has 0 radical (unpaired) electrons. The maximum Gasteiger partial charge on any atom is 0.214 e. The van der Waals surface area contributed by atoms with E-state index in [2.05, 4.69) is 22.1 Å². The van der Waals surface area contributed by atoms with Gasteiger partial charge in [0.25, 0.3) is 0 Å². The summed E-state index contributed by atoms with van der Waals surface area (Å²) in [6.07, 6.45) is 3.99. The Morgan fingerprint density at radius 1 is 1.62 bits per heavy atom. The lowest BCUT2D eigenvalue weighted by Gasteiger charge is -2.23. The fourth-order valence-electron chi connectivity index (χ4n) is 2.29. The number of hydrogen-bond donors (Lipinski definition) is 1. The number of pyridine rings is 1. The highest BCUT2D eigenvalue weighted by molar-refractivity contribution is 5.41. The summed E-state index contributed by atoms with van der Waals surface area (Å²) in [5.41, 5.74) is 0.815. The minimum Gasteiger partial charge on any atom is -0.383 e. The van der Waals surface area contributed by atoms with Crippen molar-refractivity contribution in [2.75, 3.05) is 25.0 Å². The maximum atomic E-state index is 12.8. The van der Waals surface area contributed by atoms with Crippen molar-refractivity contribution in [2.24, 2.45) is 0 Å². The van der Waals surface area contributed by atoms with Crippen molar-refractivity contribution in [1.29, 1.82) is 0 Å². The summed E-state index contributed by atoms with van der Waals surface area (Å²) < 4.78 is 12.8. The number of likely N-dealkylation sites (N-methyl/N-ethyl adjacent to an activating group) is 1. The van der Waals surface area contributed by atoms with E-state index >= 15 is 0 Å². The number of nitrogens with one attached hydrogen (secondary N) is 1. The van der Waals surface area contributed by atoms with Crippen LogP contribution in [0.4, 0.5) is 10.1 Å². The number of halogens is 1. The zero-order valence-corrected chi connectivity index (χ0v) is 9.62. The number of hydrogen-bond acceptors (Lipinski definition) is 3. The molecular weight excluding hydrogens is 205 g/mol. The second-order valence-electron chi connectivity index (χ2n) is 4.17. The summed E-state index contributed by atoms with van der Waals surface area (Å²) in [5.74, 6) is -0.427. The maximum absolute atomic E-state index is 12.8. The van der Waals surface area contributed by atoms with Crippen LogP contribution >= 0.6 is 0 Å². The Morgan fingerprint density at radius 2 is 2.50 bits per heavy atom. The molecule has 2 heterocycles. The Balaban J connectivity index is 1.87. The van der Waals surface area contributed by atoms with Crippen molar-refractivity contribution < 1.29 is 4.39 Å². The molecule has 0 saturated carbocycles. The van der Waals surface area contributed by atoms with Crippen molar-refractivity contribution in [3.8, 4) is 0 Å². The molecule has 16 heavy (non-hydrogen) atoms. The van der Waals surface area contributed by atoms with Crippen LogP contribution in [-0.4, -0.2) is 35.6 Å². The van der Waals surface area contributed by atoms with E-state index in [1.807, 2.05) is 0 Å². The number of likely N-dealkylation sites (tertiary alicyclic amines) is 1. The first kappa shape index (κ1) is 11.3. The minimum absolute atomic E-state index is 0.427. The Hall–Kier alpha value is -1.16. The van der Waals surface area contributed by atoms with Crippen molar-refractivity contribution in [2.45, 2.75) is 25.8 Å². The molecule has 0 amide bonds. The molecule has 1 aromatic heterocycles. The molecule has 1 aromatic rings. The van der Waals surface area contributed by atoms with Crippen molar-refractivity contribution >= 4 is 5.69 Å². The predicted octanol–water partition coefficient (Wildman–Crippen LogP) is 2.12. The minimum atomic E-state index is -0.427. The standard InChI is InChI=1S/C12H18FN3/c1-2-16-7-3-4-11(16)9-15-10-5-6-14-12(13)8-10/h5-6,8,11H,2-4,7,9H2,1H3,(H,14,15). The molecule has 1 aliphatic rings. The van der Waals surface area contributed by atoms with Gasteiger partial charge < -0.3 is 5.32 Å². The summed E-state index contributed by atoms with van der Waals surface area (Å²) in [6.45, 7) is 5.35. The largest absolute Gasteiger partial charge is 0.383 e. The molecule has 1 atom stereocenters. The van der Waals surface area contributed by atoms with Crippen LogP contribution in [0.3, 0.4) is 0 Å². The van der Waals surface area contributed by atoms with Crippen molar-refractivity contribution in [3.05, 3.63) is 24.3 Å². The van der Waals surface area contributed by atoms with Gasteiger partial charge in [0, 0.05) is 30.5 Å². The van der Waals surface area contributed by atoms with E-state index in [0.717, 1.165) is 18.8 Å². The summed E-state index contributed by atoms with van der Waals surface area (Å²) >= 11 is 0. The molecule has 0 aromatic carbocycles. The summed E-state index contributed by atoms with van der Waals surface area (Å²) in [7, 11) is 0. The van der Waals surface area contributed by atoms with Crippen LogP contribution in [0.25, 0.3) is 0 Å². The molecule has 4 heteroatoms. The molecule has 0 spiro atoms. The first-order valence-electron chi connectivity index (χ1n) is 5.89. The highest BCUT2D eigenvalue weighted by atomic mass is 19.1. The molecule has 0 aliphatic carbocycles. The van der Waals surface area contributed by atoms with Gasteiger partial charge in [0.2, 0.25) is 5.95 Å². The molecule has 0 bridgehead atoms. The number of aromatic nitrogens is 1. The normalized spacial score (nSPS) is 21.2. The number of nitrogens with zero attached hydrogens (tertiary/aromatic N) is 2. The van der Waals surface area contributed by atoms with Crippen LogP contribution < -0.4 is 5.32 Å². The average Bonchev–Trinajstić information content (AvgIpc) is 2.74. The Kier molecular flexibility index (Phi) is 3.72. The highest BCUT2D eigenvalue weighted by Gasteiger charge is 2.22. The second-order valence-corrected chi connectivity index (χ2v) is 4.17. The number of anilines is 1. The molecule has 88 valence electrons. The lowest BCUT2D eigenvalue weighted by Crippen LogP contribution is -2.34. The fraction of sp³-hybridized carbons (Fsp3) is 0.583. The monoisotopic (exact) mass is 223 g/mol. The van der Waals surface area contributed by atoms with Crippen molar-refractivity contribution in [3.63, 3.8) is 0 Å². The third-order valence-electron chi connectivity index (χ3n) is 3.17. The van der Waals surface area contributed by atoms with Gasteiger partial charge in [-0.2, -0.15) is 4.39 Å². The van der Waals surface area contributed by atoms with E-state index in [-0.39, 0.29) is 0 Å². The quantitative estimate of drug-likeness (QED) is 0.792. The lowest BCUT2D eigenvalue weighted by molar-refractivity contribution is 0.277. The lowest BCUT2D eigenvalue weighted by atomic mass is 10.2. The Labute approximate surface area is 95.7 Å². The van der Waals surface area contributed by atoms with Gasteiger partial charge >= 0.3 is 0 Å². The van der Waals surface area contributed by atoms with E-state index in [1.54, 1.807) is 6.07 Å². The third-order valence-corrected chi connectivity index (χ3v) is 3.17. The van der Waals surface area contributed by atoms with Gasteiger partial charge in [-0.05, 0) is 32.0 Å². The fourth-order valence-corrected chi connectivity index (χ4v) is 2.29. The zero-order chi connectivity index (χ0) is 11.4. The smallest absolute Gasteiger partial charge is 0.214 e. The molecule has 1 fully saturated rings. The topological polar surface area (TPSA) is 28.2 Å². The van der Waals surface area contributed by atoms with Gasteiger partial charge in [-0.1, -0.05) is 6.92 Å². The molecule has 3 nitrogen and oxygen atoms in total. The number of rotatable bonds is 4. The van der Waals surface area contributed by atoms with Gasteiger partial charge in [0.1, 0.15) is 0 Å². The first-order valence-corrected chi connectivity index (χ1v) is 5.89. The second kappa shape index (κ2) is 5.25. The summed E-state index contributed by atoms with van der Waals surface area (Å²) in [6, 6.07) is 3.82. The van der Waals surface area contributed by atoms with Gasteiger partial charge in [-0.15, -0.1) is 0 Å². The molecule has 1 N–H and O–H groups in total. The summed E-state index contributed by atoms with van der Waals surface area (Å²) in [5, 5.41) is 3.27. The average molecular weight is 223 g/mol. The SMILES string of the molecule is CCN1CCCC1CNc1ccnc(F)c1. The van der Waals surface area contributed by atoms with Gasteiger partial charge in [0.15, 0.2) is 0 Å². The van der Waals surface area contributed by atoms with Crippen LogP contribution in [0.15, 0.2) is 18.3 Å². The molecule has 2 rings (SSSR count). The van der Waals surface area contributed by atoms with Crippen LogP contribution in [0, 0.1) is 5.95 Å². The highest BCUT2D eigenvalue weighted by Crippen LogP contribution is 2.17. The molecule has 1 saturated heterocycles. The van der Waals surface area contributed by atoms with Gasteiger partial charge in [0.05, 0.1) is 0 Å². The Morgan fingerprint density at radius 3 is 3.25 bits per heavy atom. The van der Waals surface area contributed by atoms with Crippen LogP contribution in [0.1, 0.15) is 19.8 Å². The predicted molar refractivity (Wildman–Crippen MR) is 63.0 cm³/mol. The first-order chi connectivity index (χ1) is 7.79. The van der Waals surface area contributed by atoms with Crippen molar-refractivity contribution in [1.82, 2.24) is 9.88 Å². The summed E-state index contributed by atoms with van der Waals surface area (Å²) in [4.78, 5) is 6.00. The molecule has 1 unspecified atom stereocenters. The Bertz CT molecular complexity index is 343. The van der Waals surface area contributed by atoms with E-state index in [4.69, 9.17) is 0 Å².